The summed E-state index contributed by atoms with van der Waals surface area (Å²) in [5, 5.41) is 1.24. The van der Waals surface area contributed by atoms with E-state index in [4.69, 9.17) is 0 Å². The van der Waals surface area contributed by atoms with Crippen LogP contribution in [0.2, 0.25) is 0 Å². The molecule has 0 saturated carbocycles. The van der Waals surface area contributed by atoms with Crippen molar-refractivity contribution < 1.29 is 0 Å². The first-order valence-corrected chi connectivity index (χ1v) is 7.06. The summed E-state index contributed by atoms with van der Waals surface area (Å²) in [6.07, 6.45) is 1.12. The molecule has 0 aliphatic heterocycles. The van der Waals surface area contributed by atoms with Crippen LogP contribution in [-0.2, 0) is 6.42 Å². The van der Waals surface area contributed by atoms with E-state index >= 15 is 0 Å². The Morgan fingerprint density at radius 3 is 2.53 bits per heavy atom. The second-order valence-corrected chi connectivity index (χ2v) is 7.31. The van der Waals surface area contributed by atoms with Crippen LogP contribution in [0, 0.1) is 5.41 Å². The average Bonchev–Trinajstić information content (AvgIpc) is 2.57. The fraction of sp³-hybridized carbons (Fsp3) is 0.533. The molecule has 0 spiro atoms. The summed E-state index contributed by atoms with van der Waals surface area (Å²) in [6.45, 7) is 11.2. The van der Waals surface area contributed by atoms with Gasteiger partial charge in [0.15, 0.2) is 0 Å². The minimum absolute atomic E-state index is 0.346. The van der Waals surface area contributed by atoms with Crippen LogP contribution >= 0.6 is 11.3 Å². The molecular formula is C15H21NS. The summed E-state index contributed by atoms with van der Waals surface area (Å²) in [5.74, 6) is 0.526. The predicted molar refractivity (Wildman–Crippen MR) is 76.9 cm³/mol. The highest BCUT2D eigenvalue weighted by atomic mass is 32.1. The van der Waals surface area contributed by atoms with E-state index in [9.17, 15) is 0 Å². The van der Waals surface area contributed by atoms with Gasteiger partial charge in [-0.3, -0.25) is 0 Å². The van der Waals surface area contributed by atoms with Gasteiger partial charge in [0.2, 0.25) is 0 Å². The average molecular weight is 247 g/mol. The van der Waals surface area contributed by atoms with E-state index in [-0.39, 0.29) is 0 Å². The van der Waals surface area contributed by atoms with Gasteiger partial charge in [0, 0.05) is 5.92 Å². The van der Waals surface area contributed by atoms with Crippen LogP contribution in [0.5, 0.6) is 0 Å². The zero-order chi connectivity index (χ0) is 12.6. The molecule has 17 heavy (non-hydrogen) atoms. The van der Waals surface area contributed by atoms with Crippen LogP contribution in [0.25, 0.3) is 10.2 Å². The molecule has 0 aliphatic rings. The van der Waals surface area contributed by atoms with Crippen molar-refractivity contribution in [1.82, 2.24) is 4.98 Å². The van der Waals surface area contributed by atoms with E-state index in [1.807, 2.05) is 11.3 Å². The molecule has 1 nitrogen and oxygen atoms in total. The maximum atomic E-state index is 4.67. The number of thiazole rings is 1. The van der Waals surface area contributed by atoms with E-state index in [1.165, 1.54) is 15.3 Å². The molecule has 2 aromatic rings. The number of rotatable bonds is 2. The molecule has 92 valence electrons. The van der Waals surface area contributed by atoms with E-state index in [0.29, 0.717) is 11.3 Å². The minimum atomic E-state index is 0.346. The molecule has 1 aromatic carbocycles. The second kappa shape index (κ2) is 4.41. The van der Waals surface area contributed by atoms with Crippen LogP contribution in [0.3, 0.4) is 0 Å². The third kappa shape index (κ3) is 3.06. The Morgan fingerprint density at radius 1 is 1.24 bits per heavy atom. The van der Waals surface area contributed by atoms with Crippen molar-refractivity contribution in [3.05, 3.63) is 28.8 Å². The van der Waals surface area contributed by atoms with Gasteiger partial charge >= 0.3 is 0 Å². The minimum Gasteiger partial charge on any atom is -0.241 e. The van der Waals surface area contributed by atoms with Crippen molar-refractivity contribution in [3.63, 3.8) is 0 Å². The molecule has 1 aromatic heterocycles. The third-order valence-corrected chi connectivity index (χ3v) is 4.02. The number of fused-ring (bicyclic) bond motifs is 1. The molecule has 0 fully saturated rings. The molecule has 0 aliphatic carbocycles. The lowest BCUT2D eigenvalue weighted by molar-refractivity contribution is 0.411. The summed E-state index contributed by atoms with van der Waals surface area (Å²) < 4.78 is 1.33. The van der Waals surface area contributed by atoms with Gasteiger partial charge in [-0.1, -0.05) is 40.7 Å². The quantitative estimate of drug-likeness (QED) is 0.727. The zero-order valence-electron chi connectivity index (χ0n) is 11.4. The molecule has 2 heteroatoms. The van der Waals surface area contributed by atoms with Gasteiger partial charge in [-0.05, 0) is 29.5 Å². The van der Waals surface area contributed by atoms with E-state index in [0.717, 1.165) is 11.9 Å². The van der Waals surface area contributed by atoms with Gasteiger partial charge < -0.3 is 0 Å². The lowest BCUT2D eigenvalue weighted by Gasteiger charge is -2.17. The third-order valence-electron chi connectivity index (χ3n) is 2.70. The first-order chi connectivity index (χ1) is 7.85. The Kier molecular flexibility index (Phi) is 3.26. The predicted octanol–water partition coefficient (Wildman–Crippen LogP) is 5.01. The highest BCUT2D eigenvalue weighted by Gasteiger charge is 2.13. The monoisotopic (exact) mass is 247 g/mol. The first kappa shape index (κ1) is 12.6. The van der Waals surface area contributed by atoms with E-state index in [1.54, 1.807) is 0 Å². The Morgan fingerprint density at radius 2 is 1.94 bits per heavy atom. The van der Waals surface area contributed by atoms with Gasteiger partial charge in [0.1, 0.15) is 0 Å². The molecule has 0 radical (unpaired) electrons. The first-order valence-electron chi connectivity index (χ1n) is 6.24. The molecule has 0 unspecified atom stereocenters. The highest BCUT2D eigenvalue weighted by molar-refractivity contribution is 7.18. The fourth-order valence-electron chi connectivity index (χ4n) is 1.96. The van der Waals surface area contributed by atoms with Crippen molar-refractivity contribution in [2.24, 2.45) is 5.41 Å². The van der Waals surface area contributed by atoms with Gasteiger partial charge in [-0.2, -0.15) is 0 Å². The van der Waals surface area contributed by atoms with E-state index < -0.39 is 0 Å². The van der Waals surface area contributed by atoms with Crippen LogP contribution in [0.1, 0.15) is 51.1 Å². The van der Waals surface area contributed by atoms with Crippen molar-refractivity contribution in [1.29, 1.82) is 0 Å². The molecule has 2 rings (SSSR count). The van der Waals surface area contributed by atoms with Gasteiger partial charge in [0.05, 0.1) is 15.2 Å². The molecule has 1 heterocycles. The molecule has 0 amide bonds. The molecule has 0 N–H and O–H groups in total. The molecule has 0 atom stereocenters. The topological polar surface area (TPSA) is 12.9 Å². The maximum Gasteiger partial charge on any atom is 0.0963 e. The summed E-state index contributed by atoms with van der Waals surface area (Å²) in [7, 11) is 0. The molecular weight excluding hydrogens is 226 g/mol. The van der Waals surface area contributed by atoms with Crippen molar-refractivity contribution in [2.75, 3.05) is 0 Å². The van der Waals surface area contributed by atoms with Crippen LogP contribution < -0.4 is 0 Å². The fourth-order valence-corrected chi connectivity index (χ4v) is 2.99. The molecule has 0 bridgehead atoms. The summed E-state index contributed by atoms with van der Waals surface area (Å²) in [5.41, 5.74) is 2.92. The molecule has 0 saturated heterocycles. The Labute approximate surface area is 108 Å². The second-order valence-electron chi connectivity index (χ2n) is 6.25. The highest BCUT2D eigenvalue weighted by Crippen LogP contribution is 2.29. The van der Waals surface area contributed by atoms with Gasteiger partial charge in [-0.25, -0.2) is 4.98 Å². The summed E-state index contributed by atoms with van der Waals surface area (Å²) in [4.78, 5) is 4.67. The lowest BCUT2D eigenvalue weighted by Crippen LogP contribution is -2.08. The van der Waals surface area contributed by atoms with Gasteiger partial charge in [0.25, 0.3) is 0 Å². The van der Waals surface area contributed by atoms with Crippen molar-refractivity contribution in [2.45, 2.75) is 47.0 Å². The number of benzene rings is 1. The van der Waals surface area contributed by atoms with Crippen molar-refractivity contribution in [3.8, 4) is 0 Å². The van der Waals surface area contributed by atoms with Crippen molar-refractivity contribution >= 4 is 21.6 Å². The van der Waals surface area contributed by atoms with E-state index in [2.05, 4.69) is 57.8 Å². The summed E-state index contributed by atoms with van der Waals surface area (Å²) in [6, 6.07) is 6.69. The number of nitrogens with zero attached hydrogens (tertiary/aromatic N) is 1. The zero-order valence-corrected chi connectivity index (χ0v) is 12.2. The number of hydrogen-bond donors (Lipinski definition) is 0. The Balaban J connectivity index is 2.37. The SMILES string of the molecule is CC(C)c1nc2ccc(CC(C)(C)C)cc2s1. The van der Waals surface area contributed by atoms with Crippen LogP contribution in [0.15, 0.2) is 18.2 Å². The van der Waals surface area contributed by atoms with Crippen LogP contribution in [-0.4, -0.2) is 4.98 Å². The Hall–Kier alpha value is -0.890. The standard InChI is InChI=1S/C15H21NS/c1-10(2)14-16-12-7-6-11(8-13(12)17-14)9-15(3,4)5/h6-8,10H,9H2,1-5H3. The maximum absolute atomic E-state index is 4.67. The number of hydrogen-bond acceptors (Lipinski definition) is 2. The summed E-state index contributed by atoms with van der Waals surface area (Å²) >= 11 is 1.83. The largest absolute Gasteiger partial charge is 0.241 e. The number of aromatic nitrogens is 1. The smallest absolute Gasteiger partial charge is 0.0963 e. The lowest BCUT2D eigenvalue weighted by atomic mass is 9.88. The van der Waals surface area contributed by atoms with Crippen LogP contribution in [0.4, 0.5) is 0 Å². The van der Waals surface area contributed by atoms with Gasteiger partial charge in [-0.15, -0.1) is 11.3 Å². The Bertz CT molecular complexity index is 517. The normalized spacial score (nSPS) is 12.6.